The number of nitro benzene ring substituents is 1. The van der Waals surface area contributed by atoms with Crippen LogP contribution in [0.2, 0.25) is 0 Å². The number of rotatable bonds is 2. The van der Waals surface area contributed by atoms with Crippen LogP contribution in [-0.4, -0.2) is 12.0 Å². The third-order valence-corrected chi connectivity index (χ3v) is 1.48. The Hall–Kier alpha value is -1.58. The van der Waals surface area contributed by atoms with Crippen molar-refractivity contribution in [2.45, 2.75) is 0 Å². The first kappa shape index (κ1) is 8.52. The molecular formula is C8H8NO3. The quantitative estimate of drug-likeness (QED) is 0.497. The highest BCUT2D eigenvalue weighted by molar-refractivity contribution is 5.46. The highest BCUT2D eigenvalue weighted by Crippen LogP contribution is 2.22. The van der Waals surface area contributed by atoms with Crippen LogP contribution in [-0.2, 0) is 0 Å². The van der Waals surface area contributed by atoms with Gasteiger partial charge < -0.3 is 4.74 Å². The molecule has 12 heavy (non-hydrogen) atoms. The van der Waals surface area contributed by atoms with Crippen molar-refractivity contribution in [3.8, 4) is 5.75 Å². The lowest BCUT2D eigenvalue weighted by Gasteiger charge is -2.00. The van der Waals surface area contributed by atoms with Crippen molar-refractivity contribution in [2.24, 2.45) is 0 Å². The summed E-state index contributed by atoms with van der Waals surface area (Å²) in [6.45, 7) is 3.53. The first-order valence-corrected chi connectivity index (χ1v) is 3.29. The average Bonchev–Trinajstić information content (AvgIpc) is 2.03. The molecule has 1 aromatic rings. The Labute approximate surface area is 69.9 Å². The van der Waals surface area contributed by atoms with E-state index >= 15 is 0 Å². The molecule has 1 rings (SSSR count). The molecule has 0 aliphatic heterocycles. The average molecular weight is 166 g/mol. The Morgan fingerprint density at radius 2 is 2.25 bits per heavy atom. The van der Waals surface area contributed by atoms with E-state index in [2.05, 4.69) is 6.92 Å². The molecule has 0 spiro atoms. The van der Waals surface area contributed by atoms with Crippen molar-refractivity contribution in [1.29, 1.82) is 0 Å². The molecular weight excluding hydrogens is 158 g/mol. The summed E-state index contributed by atoms with van der Waals surface area (Å²) in [5.74, 6) is 0.575. The summed E-state index contributed by atoms with van der Waals surface area (Å²) in [7, 11) is 1.50. The van der Waals surface area contributed by atoms with E-state index in [1.807, 2.05) is 0 Å². The molecule has 0 unspecified atom stereocenters. The number of nitrogens with zero attached hydrogens (tertiary/aromatic N) is 1. The standard InChI is InChI=1S/C8H8NO3/c1-6-5-7(12-2)3-4-8(6)9(10)11/h3-5H,1H2,2H3. The minimum Gasteiger partial charge on any atom is -0.497 e. The van der Waals surface area contributed by atoms with Crippen molar-refractivity contribution in [2.75, 3.05) is 7.11 Å². The van der Waals surface area contributed by atoms with Crippen LogP contribution in [0.1, 0.15) is 5.56 Å². The van der Waals surface area contributed by atoms with E-state index in [0.717, 1.165) is 0 Å². The molecule has 0 aliphatic carbocycles. The summed E-state index contributed by atoms with van der Waals surface area (Å²) in [5.41, 5.74) is 0.371. The van der Waals surface area contributed by atoms with Crippen molar-refractivity contribution in [1.82, 2.24) is 0 Å². The van der Waals surface area contributed by atoms with Crippen LogP contribution >= 0.6 is 0 Å². The second kappa shape index (κ2) is 3.21. The molecule has 4 nitrogen and oxygen atoms in total. The number of methoxy groups -OCH3 is 1. The zero-order valence-corrected chi connectivity index (χ0v) is 6.61. The molecule has 1 radical (unpaired) electrons. The molecule has 0 amide bonds. The van der Waals surface area contributed by atoms with Crippen LogP contribution in [0.15, 0.2) is 18.2 Å². The fourth-order valence-electron chi connectivity index (χ4n) is 0.867. The normalized spacial score (nSPS) is 9.50. The molecule has 0 fully saturated rings. The van der Waals surface area contributed by atoms with E-state index in [9.17, 15) is 10.1 Å². The van der Waals surface area contributed by atoms with Crippen molar-refractivity contribution in [3.05, 3.63) is 40.8 Å². The molecule has 4 heteroatoms. The Kier molecular flexibility index (Phi) is 2.28. The summed E-state index contributed by atoms with van der Waals surface area (Å²) in [6.07, 6.45) is 0. The van der Waals surface area contributed by atoms with Crippen LogP contribution in [0.3, 0.4) is 0 Å². The van der Waals surface area contributed by atoms with Gasteiger partial charge in [-0.2, -0.15) is 0 Å². The molecule has 0 aliphatic rings. The lowest BCUT2D eigenvalue weighted by Crippen LogP contribution is -1.92. The van der Waals surface area contributed by atoms with Gasteiger partial charge in [0.25, 0.3) is 5.69 Å². The molecule has 0 heterocycles. The Balaban J connectivity index is 3.12. The second-order valence-electron chi connectivity index (χ2n) is 2.25. The zero-order valence-electron chi connectivity index (χ0n) is 6.61. The van der Waals surface area contributed by atoms with Gasteiger partial charge in [-0.25, -0.2) is 0 Å². The van der Waals surface area contributed by atoms with Gasteiger partial charge in [-0.15, -0.1) is 0 Å². The van der Waals surface area contributed by atoms with Crippen molar-refractivity contribution >= 4 is 5.69 Å². The third-order valence-electron chi connectivity index (χ3n) is 1.48. The van der Waals surface area contributed by atoms with Crippen molar-refractivity contribution < 1.29 is 9.66 Å². The number of benzene rings is 1. The lowest BCUT2D eigenvalue weighted by atomic mass is 10.2. The summed E-state index contributed by atoms with van der Waals surface area (Å²) < 4.78 is 4.87. The van der Waals surface area contributed by atoms with Crippen LogP contribution in [0.25, 0.3) is 0 Å². The number of hydrogen-bond acceptors (Lipinski definition) is 3. The van der Waals surface area contributed by atoms with Gasteiger partial charge in [-0.1, -0.05) is 0 Å². The largest absolute Gasteiger partial charge is 0.497 e. The van der Waals surface area contributed by atoms with Gasteiger partial charge in [0, 0.05) is 11.6 Å². The zero-order chi connectivity index (χ0) is 9.14. The molecule has 0 saturated carbocycles. The summed E-state index contributed by atoms with van der Waals surface area (Å²) in [4.78, 5) is 9.88. The predicted molar refractivity (Wildman–Crippen MR) is 44.1 cm³/mol. The molecule has 0 N–H and O–H groups in total. The summed E-state index contributed by atoms with van der Waals surface area (Å²) in [5, 5.41) is 10.3. The van der Waals surface area contributed by atoms with E-state index < -0.39 is 4.92 Å². The number of ether oxygens (including phenoxy) is 1. The highest BCUT2D eigenvalue weighted by atomic mass is 16.6. The Bertz CT molecular complexity index is 309. The van der Waals surface area contributed by atoms with Crippen LogP contribution in [0.5, 0.6) is 5.75 Å². The van der Waals surface area contributed by atoms with Gasteiger partial charge in [0.15, 0.2) is 0 Å². The molecule has 63 valence electrons. The van der Waals surface area contributed by atoms with Crippen LogP contribution in [0, 0.1) is 17.0 Å². The Morgan fingerprint density at radius 1 is 1.58 bits per heavy atom. The number of nitro groups is 1. The van der Waals surface area contributed by atoms with Gasteiger partial charge in [0.2, 0.25) is 0 Å². The minimum absolute atomic E-state index is 0.0100. The third kappa shape index (κ3) is 1.53. The molecule has 0 aromatic heterocycles. The topological polar surface area (TPSA) is 52.4 Å². The Morgan fingerprint density at radius 3 is 2.67 bits per heavy atom. The first-order valence-electron chi connectivity index (χ1n) is 3.29. The van der Waals surface area contributed by atoms with Gasteiger partial charge in [0.1, 0.15) is 5.75 Å². The van der Waals surface area contributed by atoms with E-state index in [4.69, 9.17) is 4.74 Å². The van der Waals surface area contributed by atoms with Crippen molar-refractivity contribution in [3.63, 3.8) is 0 Å². The molecule has 0 atom stereocenters. The van der Waals surface area contributed by atoms with E-state index in [1.54, 1.807) is 0 Å². The van der Waals surface area contributed by atoms with E-state index in [1.165, 1.54) is 25.3 Å². The van der Waals surface area contributed by atoms with E-state index in [0.29, 0.717) is 11.3 Å². The maximum absolute atomic E-state index is 10.3. The van der Waals surface area contributed by atoms with Gasteiger partial charge in [-0.3, -0.25) is 10.1 Å². The van der Waals surface area contributed by atoms with Crippen LogP contribution in [0.4, 0.5) is 5.69 Å². The minimum atomic E-state index is -0.470. The first-order chi connectivity index (χ1) is 5.65. The second-order valence-corrected chi connectivity index (χ2v) is 2.25. The fourth-order valence-corrected chi connectivity index (χ4v) is 0.867. The van der Waals surface area contributed by atoms with Crippen LogP contribution < -0.4 is 4.74 Å². The highest BCUT2D eigenvalue weighted by Gasteiger charge is 2.09. The maximum Gasteiger partial charge on any atom is 0.272 e. The predicted octanol–water partition coefficient (Wildman–Crippen LogP) is 1.79. The lowest BCUT2D eigenvalue weighted by molar-refractivity contribution is -0.385. The molecule has 1 aromatic carbocycles. The number of hydrogen-bond donors (Lipinski definition) is 0. The summed E-state index contributed by atoms with van der Waals surface area (Å²) in [6, 6.07) is 4.44. The van der Waals surface area contributed by atoms with Gasteiger partial charge in [0.05, 0.1) is 12.0 Å². The smallest absolute Gasteiger partial charge is 0.272 e. The molecule has 0 bridgehead atoms. The SMILES string of the molecule is [CH2]c1cc(OC)ccc1[N+](=O)[O-]. The fraction of sp³-hybridized carbons (Fsp3) is 0.125. The van der Waals surface area contributed by atoms with E-state index in [-0.39, 0.29) is 5.69 Å². The summed E-state index contributed by atoms with van der Waals surface area (Å²) >= 11 is 0. The maximum atomic E-state index is 10.3. The monoisotopic (exact) mass is 166 g/mol. The van der Waals surface area contributed by atoms with Gasteiger partial charge in [-0.05, 0) is 19.1 Å². The van der Waals surface area contributed by atoms with Gasteiger partial charge >= 0.3 is 0 Å². The molecule has 0 saturated heterocycles.